The first-order chi connectivity index (χ1) is 16.7. The van der Waals surface area contributed by atoms with Crippen molar-refractivity contribution in [2.45, 2.75) is 90.4 Å². The molecule has 2 aromatic carbocycles. The summed E-state index contributed by atoms with van der Waals surface area (Å²) in [5.41, 5.74) is 2.72. The van der Waals surface area contributed by atoms with Crippen LogP contribution in [0, 0.1) is 0 Å². The molecular weight excluding hydrogens is 488 g/mol. The number of unbranched alkanes of at least 4 members (excludes halogenated alkanes) is 11. The minimum atomic E-state index is -0.249. The van der Waals surface area contributed by atoms with Crippen LogP contribution >= 0.6 is 15.9 Å². The lowest BCUT2D eigenvalue weighted by molar-refractivity contribution is 0.262. The molecule has 0 aliphatic carbocycles. The molecule has 0 saturated carbocycles. The topological polar surface area (TPSA) is 50.4 Å². The fourth-order valence-electron chi connectivity index (χ4n) is 3.97. The standard InChI is InChI=1S/C29H43BrN2O2/c1-2-3-4-5-6-7-8-9-10-11-12-13-23-34-28-19-17-26(18-20-28)31-29(33)32-27-16-14-15-25(24-27)21-22-30/h14-20,24H,2-13,21-23H2,1H3,(H2,31,32,33). The second-order valence-corrected chi connectivity index (χ2v) is 9.77. The normalized spacial score (nSPS) is 10.8. The van der Waals surface area contributed by atoms with Crippen molar-refractivity contribution in [3.05, 3.63) is 54.1 Å². The number of nitrogens with one attached hydrogen (secondary N) is 2. The molecule has 5 heteroatoms. The third-order valence-electron chi connectivity index (χ3n) is 5.95. The molecule has 188 valence electrons. The number of benzene rings is 2. The summed E-state index contributed by atoms with van der Waals surface area (Å²) in [6.07, 6.45) is 17.0. The molecule has 0 unspecified atom stereocenters. The zero-order chi connectivity index (χ0) is 24.3. The van der Waals surface area contributed by atoms with Crippen LogP contribution < -0.4 is 15.4 Å². The van der Waals surface area contributed by atoms with E-state index in [2.05, 4.69) is 39.6 Å². The van der Waals surface area contributed by atoms with Gasteiger partial charge in [0.25, 0.3) is 0 Å². The van der Waals surface area contributed by atoms with E-state index >= 15 is 0 Å². The van der Waals surface area contributed by atoms with Crippen molar-refractivity contribution in [2.24, 2.45) is 0 Å². The second-order valence-electron chi connectivity index (χ2n) is 8.98. The number of alkyl halides is 1. The lowest BCUT2D eigenvalue weighted by Gasteiger charge is -2.10. The van der Waals surface area contributed by atoms with Gasteiger partial charge in [0.05, 0.1) is 6.61 Å². The molecular formula is C29H43BrN2O2. The number of halogens is 1. The molecule has 2 rings (SSSR count). The Morgan fingerprint density at radius 1 is 0.765 bits per heavy atom. The fourth-order valence-corrected chi connectivity index (χ4v) is 4.43. The van der Waals surface area contributed by atoms with Gasteiger partial charge in [-0.1, -0.05) is 106 Å². The zero-order valence-corrected chi connectivity index (χ0v) is 22.5. The van der Waals surface area contributed by atoms with E-state index in [-0.39, 0.29) is 6.03 Å². The highest BCUT2D eigenvalue weighted by molar-refractivity contribution is 9.09. The second kappa shape index (κ2) is 18.3. The van der Waals surface area contributed by atoms with Gasteiger partial charge in [0.2, 0.25) is 0 Å². The van der Waals surface area contributed by atoms with Crippen molar-refractivity contribution in [2.75, 3.05) is 22.6 Å². The van der Waals surface area contributed by atoms with E-state index in [1.807, 2.05) is 42.5 Å². The maximum absolute atomic E-state index is 12.3. The highest BCUT2D eigenvalue weighted by atomic mass is 79.9. The summed E-state index contributed by atoms with van der Waals surface area (Å²) in [6, 6.07) is 15.2. The van der Waals surface area contributed by atoms with Crippen LogP contribution in [-0.4, -0.2) is 18.0 Å². The molecule has 2 N–H and O–H groups in total. The SMILES string of the molecule is CCCCCCCCCCCCCCOc1ccc(NC(=O)Nc2cccc(CCBr)c2)cc1. The maximum atomic E-state index is 12.3. The van der Waals surface area contributed by atoms with E-state index in [0.29, 0.717) is 0 Å². The molecule has 0 heterocycles. The third-order valence-corrected chi connectivity index (χ3v) is 6.34. The molecule has 0 aromatic heterocycles. The molecule has 0 fully saturated rings. The van der Waals surface area contributed by atoms with Gasteiger partial charge in [-0.05, 0) is 54.8 Å². The number of carbonyl (C=O) groups excluding carboxylic acids is 1. The summed E-state index contributed by atoms with van der Waals surface area (Å²) in [5.74, 6) is 0.844. The highest BCUT2D eigenvalue weighted by Crippen LogP contribution is 2.18. The molecule has 2 aromatic rings. The Labute approximate surface area is 215 Å². The van der Waals surface area contributed by atoms with Gasteiger partial charge in [-0.3, -0.25) is 0 Å². The Kier molecular flexibility index (Phi) is 15.2. The molecule has 4 nitrogen and oxygen atoms in total. The van der Waals surface area contributed by atoms with Crippen molar-refractivity contribution in [1.82, 2.24) is 0 Å². The van der Waals surface area contributed by atoms with Crippen LogP contribution in [-0.2, 0) is 6.42 Å². The van der Waals surface area contributed by atoms with Gasteiger partial charge in [0.15, 0.2) is 0 Å². The molecule has 0 bridgehead atoms. The monoisotopic (exact) mass is 530 g/mol. The molecule has 0 atom stereocenters. The first-order valence-corrected chi connectivity index (χ1v) is 14.3. The number of rotatable bonds is 18. The lowest BCUT2D eigenvalue weighted by atomic mass is 10.1. The van der Waals surface area contributed by atoms with Crippen LogP contribution in [0.25, 0.3) is 0 Å². The third kappa shape index (κ3) is 13.0. The molecule has 0 radical (unpaired) electrons. The maximum Gasteiger partial charge on any atom is 0.323 e. The van der Waals surface area contributed by atoms with E-state index in [0.717, 1.165) is 41.9 Å². The number of aryl methyl sites for hydroxylation is 1. The van der Waals surface area contributed by atoms with Gasteiger partial charge in [-0.25, -0.2) is 4.79 Å². The number of amides is 2. The summed E-state index contributed by atoms with van der Waals surface area (Å²) in [7, 11) is 0. The van der Waals surface area contributed by atoms with Crippen LogP contribution in [0.3, 0.4) is 0 Å². The van der Waals surface area contributed by atoms with Crippen LogP contribution in [0.15, 0.2) is 48.5 Å². The number of anilines is 2. The Morgan fingerprint density at radius 3 is 1.97 bits per heavy atom. The Hall–Kier alpha value is -2.01. The van der Waals surface area contributed by atoms with Crippen molar-refractivity contribution >= 4 is 33.3 Å². The number of hydrogen-bond acceptors (Lipinski definition) is 2. The van der Waals surface area contributed by atoms with E-state index in [9.17, 15) is 4.79 Å². The highest BCUT2D eigenvalue weighted by Gasteiger charge is 2.04. The van der Waals surface area contributed by atoms with Gasteiger partial charge in [-0.15, -0.1) is 0 Å². The van der Waals surface area contributed by atoms with E-state index < -0.39 is 0 Å². The van der Waals surface area contributed by atoms with Crippen molar-refractivity contribution in [3.8, 4) is 5.75 Å². The molecule has 0 saturated heterocycles. The lowest BCUT2D eigenvalue weighted by Crippen LogP contribution is -2.19. The Balaban J connectivity index is 1.52. The predicted molar refractivity (Wildman–Crippen MR) is 150 cm³/mol. The van der Waals surface area contributed by atoms with Crippen LogP contribution in [0.4, 0.5) is 16.2 Å². The van der Waals surface area contributed by atoms with Gasteiger partial charge in [-0.2, -0.15) is 0 Å². The van der Waals surface area contributed by atoms with Crippen molar-refractivity contribution in [1.29, 1.82) is 0 Å². The van der Waals surface area contributed by atoms with Gasteiger partial charge in [0, 0.05) is 16.7 Å². The van der Waals surface area contributed by atoms with Crippen LogP contribution in [0.2, 0.25) is 0 Å². The summed E-state index contributed by atoms with van der Waals surface area (Å²) < 4.78 is 5.86. The predicted octanol–water partition coefficient (Wildman–Crippen LogP) is 9.35. The quantitative estimate of drug-likeness (QED) is 0.149. The molecule has 2 amide bonds. The van der Waals surface area contributed by atoms with E-state index in [1.165, 1.54) is 76.2 Å². The minimum absolute atomic E-state index is 0.249. The largest absolute Gasteiger partial charge is 0.494 e. The van der Waals surface area contributed by atoms with Crippen LogP contribution in [0.1, 0.15) is 89.5 Å². The smallest absolute Gasteiger partial charge is 0.323 e. The Bertz CT molecular complexity index is 795. The summed E-state index contributed by atoms with van der Waals surface area (Å²) in [6.45, 7) is 3.02. The van der Waals surface area contributed by atoms with Gasteiger partial charge < -0.3 is 15.4 Å². The Morgan fingerprint density at radius 2 is 1.35 bits per heavy atom. The summed E-state index contributed by atoms with van der Waals surface area (Å²) in [5, 5.41) is 6.66. The zero-order valence-electron chi connectivity index (χ0n) is 20.9. The van der Waals surface area contributed by atoms with Crippen molar-refractivity contribution < 1.29 is 9.53 Å². The number of hydrogen-bond donors (Lipinski definition) is 2. The first-order valence-electron chi connectivity index (χ1n) is 13.2. The van der Waals surface area contributed by atoms with Crippen LogP contribution in [0.5, 0.6) is 5.75 Å². The fraction of sp³-hybridized carbons (Fsp3) is 0.552. The molecule has 0 spiro atoms. The summed E-state index contributed by atoms with van der Waals surface area (Å²) in [4.78, 5) is 12.3. The summed E-state index contributed by atoms with van der Waals surface area (Å²) >= 11 is 3.45. The number of urea groups is 1. The number of ether oxygens (including phenoxy) is 1. The van der Waals surface area contributed by atoms with Crippen molar-refractivity contribution in [3.63, 3.8) is 0 Å². The van der Waals surface area contributed by atoms with E-state index in [1.54, 1.807) is 0 Å². The van der Waals surface area contributed by atoms with Gasteiger partial charge >= 0.3 is 6.03 Å². The average Bonchev–Trinajstić information content (AvgIpc) is 2.83. The molecule has 0 aliphatic heterocycles. The minimum Gasteiger partial charge on any atom is -0.494 e. The average molecular weight is 532 g/mol. The molecule has 34 heavy (non-hydrogen) atoms. The molecule has 0 aliphatic rings. The van der Waals surface area contributed by atoms with Gasteiger partial charge in [0.1, 0.15) is 5.75 Å². The number of carbonyl (C=O) groups is 1. The van der Waals surface area contributed by atoms with E-state index in [4.69, 9.17) is 4.74 Å². The first kappa shape index (κ1) is 28.2.